The number of thioether (sulfide) groups is 1. The van der Waals surface area contributed by atoms with Crippen molar-refractivity contribution >= 4 is 29.3 Å². The molecule has 0 bridgehead atoms. The van der Waals surface area contributed by atoms with Crippen LogP contribution in [-0.2, 0) is 4.79 Å². The molecule has 0 spiro atoms. The lowest BCUT2D eigenvalue weighted by molar-refractivity contribution is -0.131. The molecule has 1 saturated heterocycles. The van der Waals surface area contributed by atoms with Gasteiger partial charge in [0.1, 0.15) is 5.37 Å². The van der Waals surface area contributed by atoms with Crippen LogP contribution in [0.1, 0.15) is 43.5 Å². The molecule has 1 aromatic carbocycles. The van der Waals surface area contributed by atoms with Crippen molar-refractivity contribution in [3.63, 3.8) is 0 Å². The van der Waals surface area contributed by atoms with Crippen LogP contribution in [-0.4, -0.2) is 23.1 Å². The minimum Gasteiger partial charge on any atom is -0.326 e. The molecule has 19 heavy (non-hydrogen) atoms. The summed E-state index contributed by atoms with van der Waals surface area (Å²) >= 11 is 7.87. The minimum atomic E-state index is 0.146. The zero-order chi connectivity index (χ0) is 13.7. The third-order valence-electron chi connectivity index (χ3n) is 3.34. The van der Waals surface area contributed by atoms with Crippen LogP contribution >= 0.6 is 23.4 Å². The molecule has 2 nitrogen and oxygen atoms in total. The lowest BCUT2D eigenvalue weighted by Gasteiger charge is -2.24. The van der Waals surface area contributed by atoms with Crippen molar-refractivity contribution in [3.05, 3.63) is 34.9 Å². The molecule has 1 aliphatic rings. The summed E-state index contributed by atoms with van der Waals surface area (Å²) in [5.74, 6) is 1.29. The summed E-state index contributed by atoms with van der Waals surface area (Å²) in [5, 5.41) is 0.885. The number of hydrogen-bond donors (Lipinski definition) is 0. The van der Waals surface area contributed by atoms with Gasteiger partial charge in [-0.15, -0.1) is 11.8 Å². The lowest BCUT2D eigenvalue weighted by Crippen LogP contribution is -2.30. The highest BCUT2D eigenvalue weighted by atomic mass is 35.5. The number of nitrogens with zero attached hydrogens (tertiary/aromatic N) is 1. The summed E-state index contributed by atoms with van der Waals surface area (Å²) in [6.45, 7) is 3.01. The SMILES string of the molecule is CCCCCC(=O)N1CCS[C@H]1c1cccc(Cl)c1. The van der Waals surface area contributed by atoms with E-state index in [4.69, 9.17) is 11.6 Å². The minimum absolute atomic E-state index is 0.146. The van der Waals surface area contributed by atoms with Crippen LogP contribution in [0.25, 0.3) is 0 Å². The Labute approximate surface area is 124 Å². The van der Waals surface area contributed by atoms with E-state index < -0.39 is 0 Å². The first-order valence-electron chi connectivity index (χ1n) is 6.89. The molecule has 4 heteroatoms. The first-order valence-corrected chi connectivity index (χ1v) is 8.31. The Morgan fingerprint density at radius 1 is 1.47 bits per heavy atom. The van der Waals surface area contributed by atoms with Gasteiger partial charge in [0, 0.05) is 23.7 Å². The molecule has 2 rings (SSSR count). The quantitative estimate of drug-likeness (QED) is 0.746. The van der Waals surface area contributed by atoms with Gasteiger partial charge in [0.25, 0.3) is 0 Å². The highest BCUT2D eigenvalue weighted by Gasteiger charge is 2.30. The van der Waals surface area contributed by atoms with E-state index in [1.807, 2.05) is 34.9 Å². The number of rotatable bonds is 5. The molecular formula is C15H20ClNOS. The van der Waals surface area contributed by atoms with E-state index in [2.05, 4.69) is 13.0 Å². The Kier molecular flexibility index (Phi) is 5.59. The van der Waals surface area contributed by atoms with Crippen molar-refractivity contribution < 1.29 is 4.79 Å². The fourth-order valence-corrected chi connectivity index (χ4v) is 3.80. The van der Waals surface area contributed by atoms with Gasteiger partial charge in [0.15, 0.2) is 0 Å². The van der Waals surface area contributed by atoms with Crippen LogP contribution in [0.15, 0.2) is 24.3 Å². The van der Waals surface area contributed by atoms with E-state index in [-0.39, 0.29) is 11.3 Å². The Hall–Kier alpha value is -0.670. The van der Waals surface area contributed by atoms with Crippen LogP contribution in [0.5, 0.6) is 0 Å². The summed E-state index contributed by atoms with van der Waals surface area (Å²) in [4.78, 5) is 14.3. The average Bonchev–Trinajstić information content (AvgIpc) is 2.88. The second kappa shape index (κ2) is 7.20. The zero-order valence-corrected chi connectivity index (χ0v) is 12.8. The van der Waals surface area contributed by atoms with Gasteiger partial charge in [-0.05, 0) is 24.1 Å². The average molecular weight is 298 g/mol. The fraction of sp³-hybridized carbons (Fsp3) is 0.533. The van der Waals surface area contributed by atoms with Crippen molar-refractivity contribution in [3.8, 4) is 0 Å². The summed E-state index contributed by atoms with van der Waals surface area (Å²) in [6.07, 6.45) is 3.96. The van der Waals surface area contributed by atoms with Gasteiger partial charge in [0.05, 0.1) is 0 Å². The third kappa shape index (κ3) is 3.90. The Morgan fingerprint density at radius 2 is 2.32 bits per heavy atom. The normalized spacial score (nSPS) is 18.8. The summed E-state index contributed by atoms with van der Waals surface area (Å²) < 4.78 is 0. The molecule has 104 valence electrons. The smallest absolute Gasteiger partial charge is 0.223 e. The van der Waals surface area contributed by atoms with Crippen LogP contribution in [0.4, 0.5) is 0 Å². The van der Waals surface area contributed by atoms with Gasteiger partial charge in [-0.1, -0.05) is 43.5 Å². The number of amides is 1. The summed E-state index contributed by atoms with van der Waals surface area (Å²) in [7, 11) is 0. The summed E-state index contributed by atoms with van der Waals surface area (Å²) in [5.41, 5.74) is 1.14. The molecule has 1 aliphatic heterocycles. The lowest BCUT2D eigenvalue weighted by atomic mass is 10.1. The molecule has 0 saturated carbocycles. The Bertz CT molecular complexity index is 438. The van der Waals surface area contributed by atoms with E-state index in [0.717, 1.165) is 42.1 Å². The number of halogens is 1. The molecule has 1 amide bonds. The highest BCUT2D eigenvalue weighted by molar-refractivity contribution is 7.99. The van der Waals surface area contributed by atoms with Crippen molar-refractivity contribution in [1.82, 2.24) is 4.90 Å². The van der Waals surface area contributed by atoms with Gasteiger partial charge in [-0.2, -0.15) is 0 Å². The standard InChI is InChI=1S/C15H20ClNOS/c1-2-3-4-8-14(18)17-9-10-19-15(17)12-6-5-7-13(16)11-12/h5-7,11,15H,2-4,8-10H2,1H3/t15-/m0/s1. The van der Waals surface area contributed by atoms with Crippen LogP contribution in [0.2, 0.25) is 5.02 Å². The van der Waals surface area contributed by atoms with Gasteiger partial charge in [-0.25, -0.2) is 0 Å². The molecule has 0 aromatic heterocycles. The van der Waals surface area contributed by atoms with Crippen LogP contribution in [0.3, 0.4) is 0 Å². The molecule has 0 radical (unpaired) electrons. The van der Waals surface area contributed by atoms with E-state index in [9.17, 15) is 4.79 Å². The predicted octanol–water partition coefficient (Wildman–Crippen LogP) is 4.49. The second-order valence-corrected chi connectivity index (χ2v) is 6.45. The Balaban J connectivity index is 2.02. The largest absolute Gasteiger partial charge is 0.326 e. The number of carbonyl (C=O) groups is 1. The van der Waals surface area contributed by atoms with Crippen molar-refractivity contribution in [2.24, 2.45) is 0 Å². The van der Waals surface area contributed by atoms with Crippen molar-refractivity contribution in [2.75, 3.05) is 12.3 Å². The maximum Gasteiger partial charge on any atom is 0.223 e. The topological polar surface area (TPSA) is 20.3 Å². The van der Waals surface area contributed by atoms with Gasteiger partial charge >= 0.3 is 0 Å². The first-order chi connectivity index (χ1) is 9.22. The fourth-order valence-electron chi connectivity index (χ4n) is 2.33. The number of carbonyl (C=O) groups excluding carboxylic acids is 1. The molecule has 1 fully saturated rings. The maximum absolute atomic E-state index is 12.3. The monoisotopic (exact) mass is 297 g/mol. The Morgan fingerprint density at radius 3 is 3.05 bits per heavy atom. The van der Waals surface area contributed by atoms with Crippen molar-refractivity contribution in [1.29, 1.82) is 0 Å². The van der Waals surface area contributed by atoms with Gasteiger partial charge in [0.2, 0.25) is 5.91 Å². The first kappa shape index (κ1) is 14.7. The van der Waals surface area contributed by atoms with Crippen LogP contribution < -0.4 is 0 Å². The number of benzene rings is 1. The highest BCUT2D eigenvalue weighted by Crippen LogP contribution is 2.39. The predicted molar refractivity (Wildman–Crippen MR) is 82.5 cm³/mol. The molecule has 0 unspecified atom stereocenters. The van der Waals surface area contributed by atoms with E-state index >= 15 is 0 Å². The number of hydrogen-bond acceptors (Lipinski definition) is 2. The third-order valence-corrected chi connectivity index (χ3v) is 4.84. The second-order valence-electron chi connectivity index (χ2n) is 4.82. The molecule has 1 heterocycles. The number of unbranched alkanes of at least 4 members (excludes halogenated alkanes) is 2. The van der Waals surface area contributed by atoms with E-state index in [0.29, 0.717) is 6.42 Å². The molecule has 1 atom stereocenters. The van der Waals surface area contributed by atoms with Gasteiger partial charge in [-0.3, -0.25) is 4.79 Å². The van der Waals surface area contributed by atoms with E-state index in [1.165, 1.54) is 0 Å². The molecule has 1 aromatic rings. The molecule has 0 N–H and O–H groups in total. The van der Waals surface area contributed by atoms with Crippen LogP contribution in [0, 0.1) is 0 Å². The maximum atomic E-state index is 12.3. The van der Waals surface area contributed by atoms with Crippen molar-refractivity contribution in [2.45, 2.75) is 38.0 Å². The van der Waals surface area contributed by atoms with Gasteiger partial charge < -0.3 is 4.90 Å². The van der Waals surface area contributed by atoms with E-state index in [1.54, 1.807) is 0 Å². The molecule has 0 aliphatic carbocycles. The molecular weight excluding hydrogens is 278 g/mol. The zero-order valence-electron chi connectivity index (χ0n) is 11.3. The summed E-state index contributed by atoms with van der Waals surface area (Å²) in [6, 6.07) is 7.85.